The van der Waals surface area contributed by atoms with Gasteiger partial charge in [-0.15, -0.1) is 0 Å². The molecule has 1 aliphatic rings. The van der Waals surface area contributed by atoms with Gasteiger partial charge in [0.15, 0.2) is 0 Å². The molecular formula is C13H27NO2. The zero-order chi connectivity index (χ0) is 12.2. The maximum Gasteiger partial charge on any atom is 0.0623 e. The van der Waals surface area contributed by atoms with Crippen LogP contribution in [0.3, 0.4) is 0 Å². The van der Waals surface area contributed by atoms with Crippen molar-refractivity contribution in [1.82, 2.24) is 0 Å². The van der Waals surface area contributed by atoms with E-state index in [9.17, 15) is 5.11 Å². The SMILES string of the molecule is CCC(C)(C)OCCC1CCCC1(N)CO. The Labute approximate surface area is 99.4 Å². The van der Waals surface area contributed by atoms with Crippen LogP contribution < -0.4 is 5.73 Å². The van der Waals surface area contributed by atoms with Gasteiger partial charge in [0.05, 0.1) is 12.2 Å². The summed E-state index contributed by atoms with van der Waals surface area (Å²) in [5, 5.41) is 9.34. The highest BCUT2D eigenvalue weighted by molar-refractivity contribution is 4.95. The van der Waals surface area contributed by atoms with Crippen LogP contribution in [0, 0.1) is 5.92 Å². The predicted molar refractivity (Wildman–Crippen MR) is 66.3 cm³/mol. The highest BCUT2D eigenvalue weighted by Gasteiger charge is 2.38. The van der Waals surface area contributed by atoms with Gasteiger partial charge < -0.3 is 15.6 Å². The van der Waals surface area contributed by atoms with E-state index in [0.717, 1.165) is 38.7 Å². The lowest BCUT2D eigenvalue weighted by Crippen LogP contribution is -2.47. The quantitative estimate of drug-likeness (QED) is 0.733. The van der Waals surface area contributed by atoms with E-state index < -0.39 is 0 Å². The van der Waals surface area contributed by atoms with Crippen LogP contribution >= 0.6 is 0 Å². The molecule has 0 bridgehead atoms. The first-order valence-corrected chi connectivity index (χ1v) is 6.47. The Morgan fingerprint density at radius 1 is 1.50 bits per heavy atom. The third-order valence-corrected chi connectivity index (χ3v) is 4.11. The first kappa shape index (κ1) is 13.9. The zero-order valence-electron chi connectivity index (χ0n) is 11.0. The average Bonchev–Trinajstić information content (AvgIpc) is 2.61. The summed E-state index contributed by atoms with van der Waals surface area (Å²) in [6, 6.07) is 0. The van der Waals surface area contributed by atoms with Gasteiger partial charge in [-0.2, -0.15) is 0 Å². The maximum absolute atomic E-state index is 9.34. The van der Waals surface area contributed by atoms with Gasteiger partial charge in [-0.3, -0.25) is 0 Å². The van der Waals surface area contributed by atoms with Crippen LogP contribution in [-0.4, -0.2) is 29.5 Å². The molecule has 1 fully saturated rings. The smallest absolute Gasteiger partial charge is 0.0623 e. The Bertz CT molecular complexity index is 218. The van der Waals surface area contributed by atoms with Crippen LogP contribution in [0.5, 0.6) is 0 Å². The Kier molecular flexibility index (Phi) is 4.77. The fourth-order valence-electron chi connectivity index (χ4n) is 2.39. The number of hydrogen-bond acceptors (Lipinski definition) is 3. The zero-order valence-corrected chi connectivity index (χ0v) is 11.0. The molecule has 0 radical (unpaired) electrons. The standard InChI is InChI=1S/C13H27NO2/c1-4-12(2,3)16-9-7-11-6-5-8-13(11,14)10-15/h11,15H,4-10,14H2,1-3H3. The fourth-order valence-corrected chi connectivity index (χ4v) is 2.39. The number of aliphatic hydroxyl groups excluding tert-OH is 1. The number of rotatable bonds is 6. The molecule has 16 heavy (non-hydrogen) atoms. The number of aliphatic hydroxyl groups is 1. The van der Waals surface area contributed by atoms with E-state index in [1.54, 1.807) is 0 Å². The van der Waals surface area contributed by atoms with Gasteiger partial charge >= 0.3 is 0 Å². The van der Waals surface area contributed by atoms with Crippen molar-refractivity contribution < 1.29 is 9.84 Å². The minimum absolute atomic E-state index is 0.0327. The predicted octanol–water partition coefficient (Wildman–Crippen LogP) is 2.07. The second kappa shape index (κ2) is 5.48. The summed E-state index contributed by atoms with van der Waals surface area (Å²) in [6.45, 7) is 7.22. The largest absolute Gasteiger partial charge is 0.394 e. The molecule has 0 heterocycles. The summed E-state index contributed by atoms with van der Waals surface area (Å²) >= 11 is 0. The van der Waals surface area contributed by atoms with Crippen molar-refractivity contribution in [2.24, 2.45) is 11.7 Å². The van der Waals surface area contributed by atoms with E-state index in [1.807, 2.05) is 0 Å². The topological polar surface area (TPSA) is 55.5 Å². The molecule has 2 unspecified atom stereocenters. The van der Waals surface area contributed by atoms with Gasteiger partial charge in [-0.05, 0) is 45.4 Å². The summed E-state index contributed by atoms with van der Waals surface area (Å²) in [4.78, 5) is 0. The highest BCUT2D eigenvalue weighted by atomic mass is 16.5. The summed E-state index contributed by atoms with van der Waals surface area (Å²) < 4.78 is 5.84. The van der Waals surface area contributed by atoms with Crippen LogP contribution in [0.2, 0.25) is 0 Å². The molecule has 3 nitrogen and oxygen atoms in total. The summed E-state index contributed by atoms with van der Waals surface area (Å²) in [5.74, 6) is 0.421. The molecule has 0 aromatic rings. The van der Waals surface area contributed by atoms with E-state index in [4.69, 9.17) is 10.5 Å². The molecule has 0 aromatic carbocycles. The highest BCUT2D eigenvalue weighted by Crippen LogP contribution is 2.35. The lowest BCUT2D eigenvalue weighted by atomic mass is 9.86. The van der Waals surface area contributed by atoms with E-state index >= 15 is 0 Å². The van der Waals surface area contributed by atoms with Crippen LogP contribution in [0.4, 0.5) is 0 Å². The Morgan fingerprint density at radius 3 is 2.75 bits per heavy atom. The van der Waals surface area contributed by atoms with E-state index in [1.165, 1.54) is 0 Å². The molecule has 0 aromatic heterocycles. The van der Waals surface area contributed by atoms with Crippen LogP contribution in [-0.2, 0) is 4.74 Å². The van der Waals surface area contributed by atoms with Crippen molar-refractivity contribution >= 4 is 0 Å². The summed E-state index contributed by atoms with van der Waals surface area (Å²) in [5.41, 5.74) is 5.80. The molecule has 96 valence electrons. The third-order valence-electron chi connectivity index (χ3n) is 4.11. The summed E-state index contributed by atoms with van der Waals surface area (Å²) in [7, 11) is 0. The van der Waals surface area contributed by atoms with Crippen molar-refractivity contribution in [2.45, 2.75) is 64.0 Å². The Balaban J connectivity index is 2.33. The Hall–Kier alpha value is -0.120. The molecule has 0 amide bonds. The van der Waals surface area contributed by atoms with E-state index in [-0.39, 0.29) is 17.7 Å². The second-order valence-electron chi connectivity index (χ2n) is 5.73. The molecule has 1 rings (SSSR count). The van der Waals surface area contributed by atoms with Gasteiger partial charge in [-0.25, -0.2) is 0 Å². The minimum atomic E-state index is -0.348. The molecule has 1 aliphatic carbocycles. The van der Waals surface area contributed by atoms with Crippen molar-refractivity contribution in [3.63, 3.8) is 0 Å². The van der Waals surface area contributed by atoms with Gasteiger partial charge in [0.2, 0.25) is 0 Å². The fraction of sp³-hybridized carbons (Fsp3) is 1.00. The van der Waals surface area contributed by atoms with Crippen molar-refractivity contribution in [3.8, 4) is 0 Å². The normalized spacial score (nSPS) is 30.9. The monoisotopic (exact) mass is 229 g/mol. The molecule has 0 saturated heterocycles. The lowest BCUT2D eigenvalue weighted by Gasteiger charge is -2.31. The van der Waals surface area contributed by atoms with Crippen molar-refractivity contribution in [3.05, 3.63) is 0 Å². The molecule has 0 spiro atoms. The molecule has 3 heteroatoms. The van der Waals surface area contributed by atoms with Crippen LogP contribution in [0.25, 0.3) is 0 Å². The minimum Gasteiger partial charge on any atom is -0.394 e. The second-order valence-corrected chi connectivity index (χ2v) is 5.73. The lowest BCUT2D eigenvalue weighted by molar-refractivity contribution is -0.0294. The molecule has 3 N–H and O–H groups in total. The number of hydrogen-bond donors (Lipinski definition) is 2. The van der Waals surface area contributed by atoms with Crippen molar-refractivity contribution in [1.29, 1.82) is 0 Å². The van der Waals surface area contributed by atoms with Crippen LogP contribution in [0.15, 0.2) is 0 Å². The van der Waals surface area contributed by atoms with Gasteiger partial charge in [0.25, 0.3) is 0 Å². The molecule has 0 aliphatic heterocycles. The van der Waals surface area contributed by atoms with Gasteiger partial charge in [-0.1, -0.05) is 13.3 Å². The van der Waals surface area contributed by atoms with Crippen LogP contribution in [0.1, 0.15) is 52.9 Å². The molecule has 1 saturated carbocycles. The summed E-state index contributed by atoms with van der Waals surface area (Å²) in [6.07, 6.45) is 5.21. The number of ether oxygens (including phenoxy) is 1. The van der Waals surface area contributed by atoms with E-state index in [2.05, 4.69) is 20.8 Å². The van der Waals surface area contributed by atoms with E-state index in [0.29, 0.717) is 5.92 Å². The third kappa shape index (κ3) is 3.44. The van der Waals surface area contributed by atoms with Gasteiger partial charge in [0.1, 0.15) is 0 Å². The van der Waals surface area contributed by atoms with Gasteiger partial charge in [0, 0.05) is 12.1 Å². The number of nitrogens with two attached hydrogens (primary N) is 1. The maximum atomic E-state index is 9.34. The average molecular weight is 229 g/mol. The van der Waals surface area contributed by atoms with Crippen molar-refractivity contribution in [2.75, 3.05) is 13.2 Å². The first-order valence-electron chi connectivity index (χ1n) is 6.47. The molecule has 2 atom stereocenters. The Morgan fingerprint density at radius 2 is 2.19 bits per heavy atom. The first-order chi connectivity index (χ1) is 7.43. The molecular weight excluding hydrogens is 202 g/mol.